The Morgan fingerprint density at radius 2 is 1.30 bits per heavy atom. The first kappa shape index (κ1) is 17.1. The molecule has 0 unspecified atom stereocenters. The number of ether oxygens (including phenoxy) is 4. The largest absolute Gasteiger partial charge is 0.496 e. The number of hydrogen-bond acceptors (Lipinski definition) is 6. The topological polar surface area (TPSA) is 71.1 Å². The number of rotatable bonds is 6. The van der Waals surface area contributed by atoms with Crippen molar-refractivity contribution < 1.29 is 28.5 Å². The fourth-order valence-corrected chi connectivity index (χ4v) is 3.00. The van der Waals surface area contributed by atoms with Gasteiger partial charge in [0.05, 0.1) is 27.4 Å². The fourth-order valence-electron chi connectivity index (χ4n) is 3.00. The van der Waals surface area contributed by atoms with Crippen LogP contribution in [0, 0.1) is 5.41 Å². The van der Waals surface area contributed by atoms with Gasteiger partial charge in [-0.05, 0) is 26.0 Å². The quantitative estimate of drug-likeness (QED) is 0.588. The van der Waals surface area contributed by atoms with Crippen molar-refractivity contribution in [2.45, 2.75) is 26.7 Å². The first-order valence-corrected chi connectivity index (χ1v) is 7.61. The Balaban J connectivity index is 2.51. The first-order valence-electron chi connectivity index (χ1n) is 7.61. The SMILES string of the molecule is CCOC(=O)C1(C(=O)OCC)Cc2c(OC)ccc(OC)c2C1. The van der Waals surface area contributed by atoms with Crippen LogP contribution in [0.5, 0.6) is 11.5 Å². The number of methoxy groups -OCH3 is 2. The molecule has 6 nitrogen and oxygen atoms in total. The molecule has 0 saturated carbocycles. The summed E-state index contributed by atoms with van der Waals surface area (Å²) < 4.78 is 21.0. The van der Waals surface area contributed by atoms with E-state index in [-0.39, 0.29) is 26.1 Å². The number of benzene rings is 1. The van der Waals surface area contributed by atoms with E-state index < -0.39 is 17.4 Å². The maximum Gasteiger partial charge on any atom is 0.324 e. The van der Waals surface area contributed by atoms with E-state index in [1.54, 1.807) is 40.2 Å². The molecule has 0 atom stereocenters. The summed E-state index contributed by atoms with van der Waals surface area (Å²) >= 11 is 0. The van der Waals surface area contributed by atoms with E-state index in [9.17, 15) is 9.59 Å². The van der Waals surface area contributed by atoms with Gasteiger partial charge in [-0.25, -0.2) is 0 Å². The predicted molar refractivity (Wildman–Crippen MR) is 82.7 cm³/mol. The molecule has 0 amide bonds. The molecule has 0 saturated heterocycles. The molecule has 1 aliphatic rings. The molecule has 0 spiro atoms. The molecule has 1 aromatic carbocycles. The fraction of sp³-hybridized carbons (Fsp3) is 0.529. The van der Waals surface area contributed by atoms with E-state index in [1.807, 2.05) is 0 Å². The van der Waals surface area contributed by atoms with Crippen molar-refractivity contribution >= 4 is 11.9 Å². The van der Waals surface area contributed by atoms with Crippen LogP contribution < -0.4 is 9.47 Å². The van der Waals surface area contributed by atoms with E-state index in [0.29, 0.717) is 11.5 Å². The summed E-state index contributed by atoms with van der Waals surface area (Å²) in [5.41, 5.74) is 0.192. The second-order valence-electron chi connectivity index (χ2n) is 5.30. The average molecular weight is 322 g/mol. The van der Waals surface area contributed by atoms with Gasteiger partial charge in [-0.15, -0.1) is 0 Å². The van der Waals surface area contributed by atoms with E-state index in [1.165, 1.54) is 0 Å². The molecule has 1 aliphatic carbocycles. The average Bonchev–Trinajstić information content (AvgIpc) is 2.96. The molecule has 0 aliphatic heterocycles. The Labute approximate surface area is 135 Å². The van der Waals surface area contributed by atoms with Crippen LogP contribution in [0.25, 0.3) is 0 Å². The molecule has 0 radical (unpaired) electrons. The van der Waals surface area contributed by atoms with Crippen LogP contribution in [0.3, 0.4) is 0 Å². The molecular weight excluding hydrogens is 300 g/mol. The van der Waals surface area contributed by atoms with Crippen molar-refractivity contribution in [1.82, 2.24) is 0 Å². The Bertz CT molecular complexity index is 554. The highest BCUT2D eigenvalue weighted by Crippen LogP contribution is 2.46. The second kappa shape index (κ2) is 6.89. The van der Waals surface area contributed by atoms with Gasteiger partial charge in [0.25, 0.3) is 0 Å². The number of carbonyl (C=O) groups is 2. The number of fused-ring (bicyclic) bond motifs is 1. The van der Waals surface area contributed by atoms with Crippen molar-refractivity contribution in [2.24, 2.45) is 5.41 Å². The highest BCUT2D eigenvalue weighted by atomic mass is 16.6. The van der Waals surface area contributed by atoms with Gasteiger partial charge in [-0.3, -0.25) is 9.59 Å². The molecule has 126 valence electrons. The lowest BCUT2D eigenvalue weighted by Gasteiger charge is -2.24. The van der Waals surface area contributed by atoms with Crippen molar-refractivity contribution in [3.8, 4) is 11.5 Å². The van der Waals surface area contributed by atoms with Gasteiger partial charge in [0, 0.05) is 24.0 Å². The molecule has 23 heavy (non-hydrogen) atoms. The zero-order valence-corrected chi connectivity index (χ0v) is 13.9. The zero-order valence-electron chi connectivity index (χ0n) is 13.9. The zero-order chi connectivity index (χ0) is 17.0. The van der Waals surface area contributed by atoms with Crippen molar-refractivity contribution in [2.75, 3.05) is 27.4 Å². The highest BCUT2D eigenvalue weighted by molar-refractivity contribution is 6.02. The van der Waals surface area contributed by atoms with Gasteiger partial charge in [0.1, 0.15) is 11.5 Å². The number of esters is 2. The molecule has 0 N–H and O–H groups in total. The maximum atomic E-state index is 12.5. The molecule has 0 fully saturated rings. The normalized spacial score (nSPS) is 14.8. The summed E-state index contributed by atoms with van der Waals surface area (Å²) in [5, 5.41) is 0. The van der Waals surface area contributed by atoms with E-state index in [0.717, 1.165) is 11.1 Å². The lowest BCUT2D eigenvalue weighted by atomic mass is 9.84. The third-order valence-electron chi connectivity index (χ3n) is 4.07. The molecule has 1 aromatic rings. The van der Waals surface area contributed by atoms with Crippen LogP contribution in [0.15, 0.2) is 12.1 Å². The number of carbonyl (C=O) groups excluding carboxylic acids is 2. The summed E-state index contributed by atoms with van der Waals surface area (Å²) in [6.45, 7) is 3.81. The summed E-state index contributed by atoms with van der Waals surface area (Å²) in [6, 6.07) is 3.54. The Morgan fingerprint density at radius 3 is 1.61 bits per heavy atom. The van der Waals surface area contributed by atoms with Crippen LogP contribution >= 0.6 is 0 Å². The van der Waals surface area contributed by atoms with Gasteiger partial charge >= 0.3 is 11.9 Å². The third kappa shape index (κ3) is 2.85. The predicted octanol–water partition coefficient (Wildman–Crippen LogP) is 1.92. The minimum atomic E-state index is -1.38. The molecule has 0 heterocycles. The van der Waals surface area contributed by atoms with Crippen LogP contribution in [-0.2, 0) is 31.9 Å². The number of hydrogen-bond donors (Lipinski definition) is 0. The monoisotopic (exact) mass is 322 g/mol. The van der Waals surface area contributed by atoms with Gasteiger partial charge in [0.2, 0.25) is 0 Å². The van der Waals surface area contributed by atoms with Crippen molar-refractivity contribution in [1.29, 1.82) is 0 Å². The Kier molecular flexibility index (Phi) is 5.13. The van der Waals surface area contributed by atoms with Crippen LogP contribution in [-0.4, -0.2) is 39.4 Å². The van der Waals surface area contributed by atoms with E-state index in [2.05, 4.69) is 0 Å². The lowest BCUT2D eigenvalue weighted by molar-refractivity contribution is -0.171. The molecular formula is C17H22O6. The minimum absolute atomic E-state index is 0.181. The van der Waals surface area contributed by atoms with Gasteiger partial charge in [0.15, 0.2) is 5.41 Å². The van der Waals surface area contributed by atoms with Crippen LogP contribution in [0.4, 0.5) is 0 Å². The second-order valence-corrected chi connectivity index (χ2v) is 5.30. The van der Waals surface area contributed by atoms with Crippen molar-refractivity contribution in [3.05, 3.63) is 23.3 Å². The van der Waals surface area contributed by atoms with Crippen LogP contribution in [0.1, 0.15) is 25.0 Å². The summed E-state index contributed by atoms with van der Waals surface area (Å²) in [6.07, 6.45) is 0.362. The van der Waals surface area contributed by atoms with E-state index >= 15 is 0 Å². The van der Waals surface area contributed by atoms with E-state index in [4.69, 9.17) is 18.9 Å². The Hall–Kier alpha value is -2.24. The third-order valence-corrected chi connectivity index (χ3v) is 4.07. The minimum Gasteiger partial charge on any atom is -0.496 e. The highest BCUT2D eigenvalue weighted by Gasteiger charge is 2.54. The van der Waals surface area contributed by atoms with Crippen molar-refractivity contribution in [3.63, 3.8) is 0 Å². The first-order chi connectivity index (χ1) is 11.0. The summed E-state index contributed by atoms with van der Waals surface area (Å²) in [4.78, 5) is 25.1. The maximum absolute atomic E-state index is 12.5. The standard InChI is InChI=1S/C17H22O6/c1-5-22-15(18)17(16(19)23-6-2)9-11-12(10-17)14(21-4)8-7-13(11)20-3/h7-8H,5-6,9-10H2,1-4H3. The summed E-state index contributed by atoms with van der Waals surface area (Å²) in [7, 11) is 3.10. The van der Waals surface area contributed by atoms with Crippen LogP contribution in [0.2, 0.25) is 0 Å². The van der Waals surface area contributed by atoms with Gasteiger partial charge < -0.3 is 18.9 Å². The summed E-state index contributed by atoms with van der Waals surface area (Å²) in [5.74, 6) is 0.102. The lowest BCUT2D eigenvalue weighted by Crippen LogP contribution is -2.43. The van der Waals surface area contributed by atoms with Gasteiger partial charge in [-0.2, -0.15) is 0 Å². The smallest absolute Gasteiger partial charge is 0.324 e. The molecule has 2 rings (SSSR count). The Morgan fingerprint density at radius 1 is 0.913 bits per heavy atom. The molecule has 6 heteroatoms. The molecule has 0 bridgehead atoms. The van der Waals surface area contributed by atoms with Gasteiger partial charge in [-0.1, -0.05) is 0 Å². The molecule has 0 aromatic heterocycles.